The van der Waals surface area contributed by atoms with E-state index in [1.54, 1.807) is 24.3 Å². The first-order valence-electron chi connectivity index (χ1n) is 11.8. The van der Waals surface area contributed by atoms with Crippen molar-refractivity contribution in [2.45, 2.75) is 32.0 Å². The highest BCUT2D eigenvalue weighted by atomic mass is 19.1. The van der Waals surface area contributed by atoms with Gasteiger partial charge in [0.1, 0.15) is 17.7 Å². The zero-order chi connectivity index (χ0) is 23.5. The number of rotatable bonds is 6. The maximum absolute atomic E-state index is 14.4. The van der Waals surface area contributed by atoms with Crippen LogP contribution in [0.15, 0.2) is 78.9 Å². The van der Waals surface area contributed by atoms with Crippen molar-refractivity contribution in [3.63, 3.8) is 0 Å². The number of halogens is 2. The third kappa shape index (κ3) is 4.97. The normalized spacial score (nSPS) is 21.9. The highest BCUT2D eigenvalue weighted by Gasteiger charge is 2.45. The Morgan fingerprint density at radius 1 is 0.912 bits per heavy atom. The highest BCUT2D eigenvalue weighted by Crippen LogP contribution is 2.40. The molecule has 1 saturated carbocycles. The largest absolute Gasteiger partial charge is 0.445 e. The van der Waals surface area contributed by atoms with Crippen LogP contribution in [-0.2, 0) is 17.8 Å². The molecule has 1 saturated heterocycles. The van der Waals surface area contributed by atoms with Crippen LogP contribution in [0.5, 0.6) is 0 Å². The number of carbonyl (C=O) groups excluding carboxylic acids is 1. The Morgan fingerprint density at radius 3 is 2.32 bits per heavy atom. The maximum Gasteiger partial charge on any atom is 0.414 e. The van der Waals surface area contributed by atoms with Crippen molar-refractivity contribution >= 4 is 11.8 Å². The van der Waals surface area contributed by atoms with E-state index in [0.717, 1.165) is 32.5 Å². The first-order chi connectivity index (χ1) is 16.6. The van der Waals surface area contributed by atoms with Crippen LogP contribution in [0.25, 0.3) is 0 Å². The maximum atomic E-state index is 14.4. The number of ether oxygens (including phenoxy) is 1. The number of amides is 1. The summed E-state index contributed by atoms with van der Waals surface area (Å²) in [6.07, 6.45) is 1.28. The van der Waals surface area contributed by atoms with Crippen LogP contribution >= 0.6 is 0 Å². The molecule has 5 rings (SSSR count). The summed E-state index contributed by atoms with van der Waals surface area (Å²) in [5.74, 6) is -0.354. The molecule has 1 aliphatic heterocycles. The number of hydrogen-bond acceptors (Lipinski definition) is 3. The lowest BCUT2D eigenvalue weighted by atomic mass is 9.94. The summed E-state index contributed by atoms with van der Waals surface area (Å²) in [7, 11) is 0. The first-order valence-corrected chi connectivity index (χ1v) is 11.8. The van der Waals surface area contributed by atoms with Gasteiger partial charge in [-0.25, -0.2) is 13.6 Å². The van der Waals surface area contributed by atoms with Gasteiger partial charge >= 0.3 is 6.09 Å². The molecule has 0 radical (unpaired) electrons. The van der Waals surface area contributed by atoms with Crippen LogP contribution < -0.4 is 4.90 Å². The van der Waals surface area contributed by atoms with Gasteiger partial charge in [-0.2, -0.15) is 0 Å². The minimum atomic E-state index is -0.563. The fraction of sp³-hybridized carbons (Fsp3) is 0.321. The Hall–Kier alpha value is -3.25. The van der Waals surface area contributed by atoms with Gasteiger partial charge in [0, 0.05) is 37.0 Å². The summed E-state index contributed by atoms with van der Waals surface area (Å²) in [6.45, 7) is 2.60. The van der Waals surface area contributed by atoms with Crippen molar-refractivity contribution in [1.82, 2.24) is 4.90 Å². The molecular formula is C28H28F2N2O2. The van der Waals surface area contributed by atoms with Crippen LogP contribution in [0.4, 0.5) is 19.3 Å². The topological polar surface area (TPSA) is 32.8 Å². The van der Waals surface area contributed by atoms with E-state index in [2.05, 4.69) is 29.2 Å². The third-order valence-electron chi connectivity index (χ3n) is 6.94. The van der Waals surface area contributed by atoms with Crippen molar-refractivity contribution in [3.8, 4) is 0 Å². The number of anilines is 1. The van der Waals surface area contributed by atoms with Crippen LogP contribution in [0.1, 0.15) is 24.0 Å². The predicted molar refractivity (Wildman–Crippen MR) is 127 cm³/mol. The molecule has 6 heteroatoms. The Labute approximate surface area is 198 Å². The molecule has 1 amide bonds. The number of carbonyl (C=O) groups is 1. The zero-order valence-corrected chi connectivity index (χ0v) is 18.9. The monoisotopic (exact) mass is 462 g/mol. The van der Waals surface area contributed by atoms with E-state index < -0.39 is 17.7 Å². The molecule has 3 aromatic carbocycles. The highest BCUT2D eigenvalue weighted by molar-refractivity contribution is 5.87. The number of nitrogens with zero attached hydrogens (tertiary/aromatic N) is 2. The lowest BCUT2D eigenvalue weighted by Crippen LogP contribution is -2.47. The lowest BCUT2D eigenvalue weighted by Gasteiger charge is -2.38. The van der Waals surface area contributed by atoms with Gasteiger partial charge in [-0.15, -0.1) is 0 Å². The van der Waals surface area contributed by atoms with Gasteiger partial charge in [-0.1, -0.05) is 54.6 Å². The standard InChI is InChI=1S/C28H28F2N2O2/c29-24-10-6-11-25(15-24)32(19-21-9-4-5-12-26(21)30)28(33)34-27-22-13-14-23(27)18-31(17-22)16-20-7-2-1-3-8-20/h1-12,15,22-23,27H,13-14,16-19H2. The zero-order valence-electron chi connectivity index (χ0n) is 18.9. The van der Waals surface area contributed by atoms with Crippen LogP contribution in [0.2, 0.25) is 0 Å². The minimum absolute atomic E-state index is 0.0306. The minimum Gasteiger partial charge on any atom is -0.445 e. The molecule has 0 N–H and O–H groups in total. The molecule has 4 nitrogen and oxygen atoms in total. The molecule has 2 unspecified atom stereocenters. The fourth-order valence-electron chi connectivity index (χ4n) is 5.32. The van der Waals surface area contributed by atoms with E-state index in [-0.39, 0.29) is 24.5 Å². The molecule has 2 bridgehead atoms. The van der Waals surface area contributed by atoms with E-state index in [9.17, 15) is 13.6 Å². The summed E-state index contributed by atoms with van der Waals surface area (Å²) in [5, 5.41) is 0. The molecule has 2 aliphatic rings. The third-order valence-corrected chi connectivity index (χ3v) is 6.94. The summed E-state index contributed by atoms with van der Waals surface area (Å²) in [6, 6.07) is 22.5. The SMILES string of the molecule is O=C(OC1C2CCC1CN(Cc1ccccc1)C2)N(Cc1ccccc1F)c1cccc(F)c1. The van der Waals surface area contributed by atoms with Gasteiger partial charge in [0.2, 0.25) is 0 Å². The predicted octanol–water partition coefficient (Wildman–Crippen LogP) is 6.02. The van der Waals surface area contributed by atoms with Gasteiger partial charge in [0.25, 0.3) is 0 Å². The van der Waals surface area contributed by atoms with E-state index >= 15 is 0 Å². The van der Waals surface area contributed by atoms with Gasteiger partial charge in [0.15, 0.2) is 0 Å². The average Bonchev–Trinajstić information content (AvgIpc) is 3.06. The summed E-state index contributed by atoms with van der Waals surface area (Å²) >= 11 is 0. The first kappa shape index (κ1) is 22.5. The molecule has 34 heavy (non-hydrogen) atoms. The Morgan fingerprint density at radius 2 is 1.62 bits per heavy atom. The second-order valence-corrected chi connectivity index (χ2v) is 9.28. The van der Waals surface area contributed by atoms with E-state index in [4.69, 9.17) is 4.74 Å². The van der Waals surface area contributed by atoms with Gasteiger partial charge in [-0.05, 0) is 42.7 Å². The number of benzene rings is 3. The Balaban J connectivity index is 1.31. The van der Waals surface area contributed by atoms with Crippen LogP contribution in [-0.4, -0.2) is 30.2 Å². The number of hydrogen-bond donors (Lipinski definition) is 0. The van der Waals surface area contributed by atoms with E-state index in [1.165, 1.54) is 34.7 Å². The molecular weight excluding hydrogens is 434 g/mol. The van der Waals surface area contributed by atoms with Crippen molar-refractivity contribution in [2.75, 3.05) is 18.0 Å². The lowest BCUT2D eigenvalue weighted by molar-refractivity contribution is -0.0000914. The van der Waals surface area contributed by atoms with Crippen molar-refractivity contribution in [3.05, 3.63) is 102 Å². The molecule has 1 aliphatic carbocycles. The van der Waals surface area contributed by atoms with Gasteiger partial charge in [0.05, 0.1) is 12.2 Å². The molecule has 0 spiro atoms. The number of piperidine rings is 1. The van der Waals surface area contributed by atoms with E-state index in [0.29, 0.717) is 11.3 Å². The number of fused-ring (bicyclic) bond motifs is 2. The average molecular weight is 463 g/mol. The van der Waals surface area contributed by atoms with Crippen LogP contribution in [0.3, 0.4) is 0 Å². The summed E-state index contributed by atoms with van der Waals surface area (Å²) < 4.78 is 34.4. The van der Waals surface area contributed by atoms with Crippen LogP contribution in [0, 0.1) is 23.5 Å². The second-order valence-electron chi connectivity index (χ2n) is 9.28. The fourth-order valence-corrected chi connectivity index (χ4v) is 5.32. The summed E-state index contributed by atoms with van der Waals surface area (Å²) in [5.41, 5.74) is 1.98. The molecule has 0 aromatic heterocycles. The molecule has 2 fully saturated rings. The molecule has 3 aromatic rings. The molecule has 2 atom stereocenters. The van der Waals surface area contributed by atoms with Crippen molar-refractivity contribution in [1.29, 1.82) is 0 Å². The quantitative estimate of drug-likeness (QED) is 0.449. The van der Waals surface area contributed by atoms with Crippen molar-refractivity contribution < 1.29 is 18.3 Å². The van der Waals surface area contributed by atoms with Crippen molar-refractivity contribution in [2.24, 2.45) is 11.8 Å². The molecule has 1 heterocycles. The van der Waals surface area contributed by atoms with E-state index in [1.807, 2.05) is 6.07 Å². The Kier molecular flexibility index (Phi) is 6.59. The Bertz CT molecular complexity index is 1130. The van der Waals surface area contributed by atoms with Gasteiger partial charge < -0.3 is 4.74 Å². The smallest absolute Gasteiger partial charge is 0.414 e. The number of likely N-dealkylation sites (tertiary alicyclic amines) is 1. The summed E-state index contributed by atoms with van der Waals surface area (Å²) in [4.78, 5) is 17.1. The van der Waals surface area contributed by atoms with Gasteiger partial charge in [-0.3, -0.25) is 9.80 Å². The second kappa shape index (κ2) is 9.94. The molecule has 176 valence electrons.